The van der Waals surface area contributed by atoms with Crippen LogP contribution in [-0.2, 0) is 0 Å². The van der Waals surface area contributed by atoms with Crippen LogP contribution in [0.5, 0.6) is 0 Å². The molecule has 0 saturated carbocycles. The molecule has 3 aromatic rings. The molecule has 0 unspecified atom stereocenters. The minimum absolute atomic E-state index is 0.0999. The number of furan rings is 1. The fraction of sp³-hybridized carbons (Fsp3) is 0. The summed E-state index contributed by atoms with van der Waals surface area (Å²) in [4.78, 5) is 1.10. The molecule has 3 rings (SSSR count). The van der Waals surface area contributed by atoms with Gasteiger partial charge in [-0.05, 0) is 34.7 Å². The van der Waals surface area contributed by atoms with Crippen LogP contribution in [0.25, 0.3) is 11.3 Å². The summed E-state index contributed by atoms with van der Waals surface area (Å²) >= 11 is 5.94. The van der Waals surface area contributed by atoms with Gasteiger partial charge in [-0.2, -0.15) is 5.10 Å². The summed E-state index contributed by atoms with van der Waals surface area (Å²) in [5.41, 5.74) is 6.37. The maximum Gasteiger partial charge on any atom is 0.263 e. The van der Waals surface area contributed by atoms with E-state index in [1.165, 1.54) is 6.21 Å². The van der Waals surface area contributed by atoms with Crippen molar-refractivity contribution in [3.63, 3.8) is 0 Å². The normalized spacial score (nSPS) is 11.2. The third-order valence-electron chi connectivity index (χ3n) is 2.51. The highest BCUT2D eigenvalue weighted by Gasteiger charge is 2.04. The number of nitrogen functional groups attached to an aromatic ring is 1. The maximum atomic E-state index is 5.94. The molecule has 2 N–H and O–H groups in total. The van der Waals surface area contributed by atoms with Gasteiger partial charge in [0.05, 0.1) is 6.21 Å². The van der Waals surface area contributed by atoms with Crippen LogP contribution in [0.15, 0.2) is 45.9 Å². The number of nitrogens with two attached hydrogens (primary N) is 1. The molecular weight excluding hydrogens is 280 g/mol. The van der Waals surface area contributed by atoms with Gasteiger partial charge in [0.2, 0.25) is 0 Å². The topological polar surface area (TPSA) is 95.1 Å². The predicted molar refractivity (Wildman–Crippen MR) is 74.4 cm³/mol. The van der Waals surface area contributed by atoms with Crippen LogP contribution in [0.4, 0.5) is 5.95 Å². The van der Waals surface area contributed by atoms with Gasteiger partial charge in [0.1, 0.15) is 11.5 Å². The molecule has 2 heterocycles. The molecular formula is C12H9ClN6O. The Hall–Kier alpha value is -2.67. The summed E-state index contributed by atoms with van der Waals surface area (Å²) in [5.74, 6) is 1.34. The molecule has 0 fully saturated rings. The average molecular weight is 289 g/mol. The lowest BCUT2D eigenvalue weighted by molar-refractivity contribution is 0.573. The molecule has 0 bridgehead atoms. The Kier molecular flexibility index (Phi) is 3.18. The Labute approximate surface area is 118 Å². The number of tetrazole rings is 1. The van der Waals surface area contributed by atoms with Crippen molar-refractivity contribution < 1.29 is 4.42 Å². The molecule has 0 radical (unpaired) electrons. The van der Waals surface area contributed by atoms with Crippen molar-refractivity contribution in [1.82, 2.24) is 20.3 Å². The first-order chi connectivity index (χ1) is 9.72. The first-order valence-corrected chi connectivity index (χ1v) is 6.04. The standard InChI is InChI=1S/C12H9ClN6O/c13-9-3-1-2-8(6-9)11-5-4-10(20-11)7-15-19-12(14)16-17-18-19/h1-7H,(H2,14,16,18)/b15-7+. The number of benzene rings is 1. The van der Waals surface area contributed by atoms with Gasteiger partial charge >= 0.3 is 0 Å². The van der Waals surface area contributed by atoms with Crippen molar-refractivity contribution in [1.29, 1.82) is 0 Å². The number of anilines is 1. The van der Waals surface area contributed by atoms with Crippen molar-refractivity contribution in [2.75, 3.05) is 5.73 Å². The molecule has 0 saturated heterocycles. The second-order valence-corrected chi connectivity index (χ2v) is 4.32. The lowest BCUT2D eigenvalue weighted by Crippen LogP contribution is -1.99. The van der Waals surface area contributed by atoms with Crippen LogP contribution < -0.4 is 5.73 Å². The smallest absolute Gasteiger partial charge is 0.263 e. The Balaban J connectivity index is 1.84. The van der Waals surface area contributed by atoms with Crippen LogP contribution in [-0.4, -0.2) is 26.5 Å². The second kappa shape index (κ2) is 5.14. The molecule has 0 aliphatic rings. The number of nitrogens with zero attached hydrogens (tertiary/aromatic N) is 5. The molecule has 1 aromatic carbocycles. The van der Waals surface area contributed by atoms with Gasteiger partial charge in [0.15, 0.2) is 0 Å². The summed E-state index contributed by atoms with van der Waals surface area (Å²) in [6.45, 7) is 0. The van der Waals surface area contributed by atoms with Gasteiger partial charge in [0, 0.05) is 10.6 Å². The fourth-order valence-electron chi connectivity index (χ4n) is 1.60. The van der Waals surface area contributed by atoms with Crippen LogP contribution >= 0.6 is 11.6 Å². The van der Waals surface area contributed by atoms with Gasteiger partial charge in [-0.15, -0.1) is 0 Å². The van der Waals surface area contributed by atoms with Gasteiger partial charge < -0.3 is 10.2 Å². The number of halogens is 1. The molecule has 0 aliphatic heterocycles. The molecule has 2 aromatic heterocycles. The van der Waals surface area contributed by atoms with E-state index in [0.29, 0.717) is 16.5 Å². The van der Waals surface area contributed by atoms with E-state index in [1.807, 2.05) is 24.3 Å². The highest BCUT2D eigenvalue weighted by Crippen LogP contribution is 2.24. The number of aromatic nitrogens is 4. The van der Waals surface area contributed by atoms with Crippen LogP contribution in [0.3, 0.4) is 0 Å². The second-order valence-electron chi connectivity index (χ2n) is 3.88. The largest absolute Gasteiger partial charge is 0.455 e. The van der Waals surface area contributed by atoms with Crippen LogP contribution in [0, 0.1) is 0 Å². The van der Waals surface area contributed by atoms with E-state index in [0.717, 1.165) is 10.4 Å². The highest BCUT2D eigenvalue weighted by atomic mass is 35.5. The van der Waals surface area contributed by atoms with Crippen molar-refractivity contribution in [2.45, 2.75) is 0 Å². The Morgan fingerprint density at radius 1 is 1.30 bits per heavy atom. The molecule has 8 heteroatoms. The molecule has 0 amide bonds. The SMILES string of the molecule is Nc1nnnn1/N=C/c1ccc(-c2cccc(Cl)c2)o1. The van der Waals surface area contributed by atoms with E-state index < -0.39 is 0 Å². The van der Waals surface area contributed by atoms with Gasteiger partial charge in [-0.3, -0.25) is 0 Å². The average Bonchev–Trinajstić information content (AvgIpc) is 3.05. The number of rotatable bonds is 3. The Morgan fingerprint density at radius 3 is 2.95 bits per heavy atom. The summed E-state index contributed by atoms with van der Waals surface area (Å²) in [5, 5.41) is 15.1. The summed E-state index contributed by atoms with van der Waals surface area (Å²) in [6, 6.07) is 11.0. The van der Waals surface area contributed by atoms with Gasteiger partial charge in [-0.25, -0.2) is 0 Å². The summed E-state index contributed by atoms with van der Waals surface area (Å²) in [7, 11) is 0. The van der Waals surface area contributed by atoms with E-state index in [4.69, 9.17) is 21.8 Å². The molecule has 0 spiro atoms. The molecule has 7 nitrogen and oxygen atoms in total. The Morgan fingerprint density at radius 2 is 2.20 bits per heavy atom. The third kappa shape index (κ3) is 2.52. The van der Waals surface area contributed by atoms with Crippen molar-refractivity contribution >= 4 is 23.8 Å². The maximum absolute atomic E-state index is 5.94. The van der Waals surface area contributed by atoms with Crippen molar-refractivity contribution in [3.05, 3.63) is 47.2 Å². The number of hydrogen-bond acceptors (Lipinski definition) is 6. The Bertz CT molecular complexity index is 763. The minimum atomic E-state index is 0.0999. The van der Waals surface area contributed by atoms with Crippen LogP contribution in [0.2, 0.25) is 5.02 Å². The zero-order chi connectivity index (χ0) is 13.9. The summed E-state index contributed by atoms with van der Waals surface area (Å²) < 4.78 is 5.63. The van der Waals surface area contributed by atoms with E-state index >= 15 is 0 Å². The molecule has 0 atom stereocenters. The van der Waals surface area contributed by atoms with Crippen molar-refractivity contribution in [2.24, 2.45) is 5.10 Å². The highest BCUT2D eigenvalue weighted by molar-refractivity contribution is 6.30. The monoisotopic (exact) mass is 288 g/mol. The van der Waals surface area contributed by atoms with E-state index in [2.05, 4.69) is 20.6 Å². The third-order valence-corrected chi connectivity index (χ3v) is 2.74. The van der Waals surface area contributed by atoms with Gasteiger partial charge in [0.25, 0.3) is 5.95 Å². The van der Waals surface area contributed by atoms with E-state index in [1.54, 1.807) is 12.1 Å². The zero-order valence-electron chi connectivity index (χ0n) is 10.1. The van der Waals surface area contributed by atoms with Crippen molar-refractivity contribution in [3.8, 4) is 11.3 Å². The molecule has 100 valence electrons. The first-order valence-electron chi connectivity index (χ1n) is 5.66. The minimum Gasteiger partial charge on any atom is -0.455 e. The lowest BCUT2D eigenvalue weighted by atomic mass is 10.2. The van der Waals surface area contributed by atoms with Gasteiger partial charge in [-0.1, -0.05) is 33.6 Å². The fourth-order valence-corrected chi connectivity index (χ4v) is 1.79. The molecule has 0 aliphatic carbocycles. The number of hydrogen-bond donors (Lipinski definition) is 1. The first kappa shape index (κ1) is 12.4. The van der Waals surface area contributed by atoms with E-state index in [9.17, 15) is 0 Å². The zero-order valence-corrected chi connectivity index (χ0v) is 10.9. The molecule has 20 heavy (non-hydrogen) atoms. The van der Waals surface area contributed by atoms with E-state index in [-0.39, 0.29) is 5.95 Å². The quantitative estimate of drug-likeness (QED) is 0.744. The predicted octanol–water partition coefficient (Wildman–Crippen LogP) is 2.05. The lowest BCUT2D eigenvalue weighted by Gasteiger charge is -1.96. The summed E-state index contributed by atoms with van der Waals surface area (Å²) in [6.07, 6.45) is 1.47. The van der Waals surface area contributed by atoms with Crippen LogP contribution in [0.1, 0.15) is 5.76 Å².